The fourth-order valence-corrected chi connectivity index (χ4v) is 5.27. The Morgan fingerprint density at radius 3 is 2.40 bits per heavy atom. The molecule has 0 spiro atoms. The molecule has 3 aromatic rings. The van der Waals surface area contributed by atoms with E-state index in [0.717, 1.165) is 6.54 Å². The molecule has 0 saturated carbocycles. The number of aliphatic hydroxyl groups is 1. The average Bonchev–Trinajstić information content (AvgIpc) is 3.00. The smallest absolute Gasteiger partial charge is 0.319 e. The number of aliphatic hydroxyl groups excluding tert-OH is 1. The molecule has 0 saturated heterocycles. The van der Waals surface area contributed by atoms with Crippen molar-refractivity contribution in [3.63, 3.8) is 0 Å². The van der Waals surface area contributed by atoms with Crippen LogP contribution in [0.2, 0.25) is 0 Å². The maximum atomic E-state index is 13.5. The van der Waals surface area contributed by atoms with E-state index in [1.54, 1.807) is 17.0 Å². The predicted molar refractivity (Wildman–Crippen MR) is 167 cm³/mol. The largest absolute Gasteiger partial charge is 0.488 e. The number of hydrogen-bond donors (Lipinski definition) is 3. The van der Waals surface area contributed by atoms with Gasteiger partial charge < -0.3 is 25.4 Å². The van der Waals surface area contributed by atoms with Crippen LogP contribution in [-0.2, 0) is 17.8 Å². The standard InChI is InChI=1S/C34H44N4O4/c1-23(2)35-34(41)36-30-15-16-31-29(17-30)18-33(40)38(25(4)22-39)19-24(3)32(42-31)21-37(5)20-26-11-13-28(14-12-26)27-9-7-6-8-10-27/h6-17,23-25,32,39H,18-22H2,1-5H3,(H2,35,36,41)/t24-,25+,32+/m0/s1. The van der Waals surface area contributed by atoms with E-state index in [0.29, 0.717) is 30.1 Å². The van der Waals surface area contributed by atoms with Crippen molar-refractivity contribution in [2.24, 2.45) is 5.92 Å². The van der Waals surface area contributed by atoms with Crippen LogP contribution in [-0.4, -0.2) is 71.8 Å². The molecule has 1 heterocycles. The van der Waals surface area contributed by atoms with Gasteiger partial charge in [-0.15, -0.1) is 0 Å². The lowest BCUT2D eigenvalue weighted by molar-refractivity contribution is -0.134. The molecule has 0 bridgehead atoms. The number of likely N-dealkylation sites (N-methyl/N-ethyl adjacent to an activating group) is 1. The molecule has 0 unspecified atom stereocenters. The van der Waals surface area contributed by atoms with Crippen LogP contribution in [0.3, 0.4) is 0 Å². The number of nitrogens with zero attached hydrogens (tertiary/aromatic N) is 2. The van der Waals surface area contributed by atoms with Gasteiger partial charge >= 0.3 is 6.03 Å². The van der Waals surface area contributed by atoms with Gasteiger partial charge in [-0.1, -0.05) is 61.5 Å². The summed E-state index contributed by atoms with van der Waals surface area (Å²) in [5.74, 6) is 0.560. The van der Waals surface area contributed by atoms with Gasteiger partial charge in [-0.2, -0.15) is 0 Å². The first-order valence-electron chi connectivity index (χ1n) is 14.7. The summed E-state index contributed by atoms with van der Waals surface area (Å²) in [7, 11) is 2.08. The summed E-state index contributed by atoms with van der Waals surface area (Å²) < 4.78 is 6.64. The topological polar surface area (TPSA) is 94.1 Å². The number of carbonyl (C=O) groups is 2. The van der Waals surface area contributed by atoms with E-state index in [1.807, 2.05) is 45.0 Å². The van der Waals surface area contributed by atoms with Crippen LogP contribution in [0.25, 0.3) is 11.1 Å². The van der Waals surface area contributed by atoms with Crippen LogP contribution in [0.15, 0.2) is 72.8 Å². The third-order valence-electron chi connectivity index (χ3n) is 7.60. The first-order valence-corrected chi connectivity index (χ1v) is 14.7. The number of anilines is 1. The molecule has 0 fully saturated rings. The van der Waals surface area contributed by atoms with Crippen LogP contribution in [0.1, 0.15) is 38.8 Å². The molecule has 1 aliphatic rings. The summed E-state index contributed by atoms with van der Waals surface area (Å²) in [5, 5.41) is 15.6. The van der Waals surface area contributed by atoms with E-state index in [4.69, 9.17) is 4.74 Å². The quantitative estimate of drug-likeness (QED) is 0.329. The van der Waals surface area contributed by atoms with Crippen molar-refractivity contribution in [2.75, 3.05) is 32.1 Å². The Hall–Kier alpha value is -3.88. The maximum Gasteiger partial charge on any atom is 0.319 e. The first kappa shape index (κ1) is 31.1. The van der Waals surface area contributed by atoms with Crippen molar-refractivity contribution < 1.29 is 19.4 Å². The minimum Gasteiger partial charge on any atom is -0.488 e. The third kappa shape index (κ3) is 8.33. The van der Waals surface area contributed by atoms with E-state index in [9.17, 15) is 14.7 Å². The lowest BCUT2D eigenvalue weighted by atomic mass is 10.0. The highest BCUT2D eigenvalue weighted by Crippen LogP contribution is 2.29. The molecule has 4 rings (SSSR count). The van der Waals surface area contributed by atoms with Gasteiger partial charge in [-0.3, -0.25) is 9.69 Å². The van der Waals surface area contributed by atoms with E-state index in [-0.39, 0.29) is 49.1 Å². The van der Waals surface area contributed by atoms with Crippen LogP contribution in [0.4, 0.5) is 10.5 Å². The number of benzene rings is 3. The minimum absolute atomic E-state index is 0.00248. The van der Waals surface area contributed by atoms with Crippen molar-refractivity contribution in [3.05, 3.63) is 83.9 Å². The number of nitrogens with one attached hydrogen (secondary N) is 2. The third-order valence-corrected chi connectivity index (χ3v) is 7.60. The van der Waals surface area contributed by atoms with Crippen molar-refractivity contribution in [1.29, 1.82) is 0 Å². The summed E-state index contributed by atoms with van der Waals surface area (Å²) in [6.45, 7) is 9.49. The Balaban J connectivity index is 1.53. The van der Waals surface area contributed by atoms with Gasteiger partial charge in [0.15, 0.2) is 0 Å². The molecule has 1 aliphatic heterocycles. The minimum atomic E-state index is -0.318. The lowest BCUT2D eigenvalue weighted by Crippen LogP contribution is -2.47. The Bertz CT molecular complexity index is 1330. The first-order chi connectivity index (χ1) is 20.1. The van der Waals surface area contributed by atoms with E-state index in [1.165, 1.54) is 16.7 Å². The summed E-state index contributed by atoms with van der Waals surface area (Å²) >= 11 is 0. The predicted octanol–water partition coefficient (Wildman–Crippen LogP) is 5.16. The number of rotatable bonds is 9. The molecule has 8 nitrogen and oxygen atoms in total. The van der Waals surface area contributed by atoms with Gasteiger partial charge in [0.2, 0.25) is 5.91 Å². The second-order valence-electron chi connectivity index (χ2n) is 11.7. The molecule has 3 atom stereocenters. The van der Waals surface area contributed by atoms with Crippen LogP contribution >= 0.6 is 0 Å². The molecule has 3 N–H and O–H groups in total. The molecule has 0 aliphatic carbocycles. The molecule has 3 aromatic carbocycles. The van der Waals surface area contributed by atoms with Gasteiger partial charge in [0.1, 0.15) is 11.9 Å². The van der Waals surface area contributed by atoms with Gasteiger partial charge in [-0.05, 0) is 62.7 Å². The van der Waals surface area contributed by atoms with Gasteiger partial charge in [0, 0.05) is 42.8 Å². The molecule has 42 heavy (non-hydrogen) atoms. The number of hydrogen-bond acceptors (Lipinski definition) is 5. The number of ether oxygens (including phenoxy) is 1. The van der Waals surface area contributed by atoms with Crippen molar-refractivity contribution in [2.45, 2.75) is 58.8 Å². The zero-order valence-electron chi connectivity index (χ0n) is 25.3. The summed E-state index contributed by atoms with van der Waals surface area (Å²) in [5.41, 5.74) is 4.87. The van der Waals surface area contributed by atoms with E-state index in [2.05, 4.69) is 65.9 Å². The Kier molecular flexibility index (Phi) is 10.6. The number of amides is 3. The highest BCUT2D eigenvalue weighted by atomic mass is 16.5. The van der Waals surface area contributed by atoms with Crippen LogP contribution in [0, 0.1) is 5.92 Å². The molecule has 224 valence electrons. The Morgan fingerprint density at radius 1 is 1.05 bits per heavy atom. The number of carbonyl (C=O) groups excluding carboxylic acids is 2. The second kappa shape index (κ2) is 14.3. The monoisotopic (exact) mass is 572 g/mol. The summed E-state index contributed by atoms with van der Waals surface area (Å²) in [4.78, 5) is 29.8. The molecule has 3 amide bonds. The molecular formula is C34H44N4O4. The van der Waals surface area contributed by atoms with E-state index < -0.39 is 0 Å². The highest BCUT2D eigenvalue weighted by molar-refractivity contribution is 5.90. The van der Waals surface area contributed by atoms with Gasteiger partial charge in [0.25, 0.3) is 0 Å². The van der Waals surface area contributed by atoms with Crippen molar-refractivity contribution >= 4 is 17.6 Å². The normalized spacial score (nSPS) is 18.0. The number of urea groups is 1. The molecule has 0 radical (unpaired) electrons. The number of fused-ring (bicyclic) bond motifs is 1. The SMILES string of the molecule is CC(C)NC(=O)Nc1ccc2c(c1)CC(=O)N([C@H](C)CO)C[C@H](C)[C@@H](CN(C)Cc1ccc(-c3ccccc3)cc1)O2. The van der Waals surface area contributed by atoms with Gasteiger partial charge in [0.05, 0.1) is 19.1 Å². The molecular weight excluding hydrogens is 528 g/mol. The van der Waals surface area contributed by atoms with Crippen molar-refractivity contribution in [3.8, 4) is 16.9 Å². The average molecular weight is 573 g/mol. The highest BCUT2D eigenvalue weighted by Gasteiger charge is 2.31. The second-order valence-corrected chi connectivity index (χ2v) is 11.7. The van der Waals surface area contributed by atoms with Crippen LogP contribution < -0.4 is 15.4 Å². The zero-order chi connectivity index (χ0) is 30.2. The Morgan fingerprint density at radius 2 is 1.74 bits per heavy atom. The fourth-order valence-electron chi connectivity index (χ4n) is 5.27. The zero-order valence-corrected chi connectivity index (χ0v) is 25.3. The maximum absolute atomic E-state index is 13.5. The van der Waals surface area contributed by atoms with Gasteiger partial charge in [-0.25, -0.2) is 4.79 Å². The summed E-state index contributed by atoms with van der Waals surface area (Å²) in [6, 6.07) is 23.8. The molecule has 8 heteroatoms. The van der Waals surface area contributed by atoms with E-state index >= 15 is 0 Å². The van der Waals surface area contributed by atoms with Crippen molar-refractivity contribution in [1.82, 2.24) is 15.1 Å². The Labute approximate surface area is 249 Å². The lowest BCUT2D eigenvalue weighted by Gasteiger charge is -2.34. The molecule has 0 aromatic heterocycles. The summed E-state index contributed by atoms with van der Waals surface area (Å²) in [6.07, 6.45) is -0.0935. The fraction of sp³-hybridized carbons (Fsp3) is 0.412. The van der Waals surface area contributed by atoms with Crippen LogP contribution in [0.5, 0.6) is 5.75 Å².